The van der Waals surface area contributed by atoms with Gasteiger partial charge in [-0.15, -0.1) is 12.4 Å². The number of fused-ring (bicyclic) bond motifs is 1. The third-order valence-corrected chi connectivity index (χ3v) is 4.89. The summed E-state index contributed by atoms with van der Waals surface area (Å²) < 4.78 is 38.4. The molecule has 0 aliphatic carbocycles. The molecular weight excluding hydrogens is 383 g/mol. The lowest BCUT2D eigenvalue weighted by Gasteiger charge is -2.19. The van der Waals surface area contributed by atoms with Gasteiger partial charge in [0, 0.05) is 6.04 Å². The Hall–Kier alpha value is -2.04. The van der Waals surface area contributed by atoms with E-state index in [2.05, 4.69) is 42.6 Å². The van der Waals surface area contributed by atoms with Crippen molar-refractivity contribution in [3.05, 3.63) is 83.4 Å². The summed E-state index contributed by atoms with van der Waals surface area (Å²) in [5.74, 6) is 0. The number of rotatable bonds is 7. The fourth-order valence-electron chi connectivity index (χ4n) is 3.50. The smallest absolute Gasteiger partial charge is 0.310 e. The predicted molar refractivity (Wildman–Crippen MR) is 112 cm³/mol. The number of halogens is 4. The number of hydrogen-bond donors (Lipinski definition) is 1. The van der Waals surface area contributed by atoms with Crippen molar-refractivity contribution in [3.63, 3.8) is 0 Å². The van der Waals surface area contributed by atoms with Crippen LogP contribution < -0.4 is 5.32 Å². The summed E-state index contributed by atoms with van der Waals surface area (Å²) in [5.41, 5.74) is 1.43. The topological polar surface area (TPSA) is 12.0 Å². The van der Waals surface area contributed by atoms with Gasteiger partial charge in [0.15, 0.2) is 0 Å². The van der Waals surface area contributed by atoms with Gasteiger partial charge in [-0.3, -0.25) is 0 Å². The van der Waals surface area contributed by atoms with E-state index in [1.54, 1.807) is 6.07 Å². The first-order chi connectivity index (χ1) is 13.0. The van der Waals surface area contributed by atoms with E-state index < -0.39 is 11.7 Å². The first-order valence-corrected chi connectivity index (χ1v) is 9.36. The molecule has 3 aromatic carbocycles. The highest BCUT2D eigenvalue weighted by Crippen LogP contribution is 2.30. The highest BCUT2D eigenvalue weighted by atomic mass is 35.5. The molecule has 1 atom stereocenters. The van der Waals surface area contributed by atoms with Gasteiger partial charge in [0.2, 0.25) is 0 Å². The van der Waals surface area contributed by atoms with Crippen LogP contribution in [0.3, 0.4) is 0 Å². The van der Waals surface area contributed by atoms with E-state index in [0.717, 1.165) is 31.0 Å². The quantitative estimate of drug-likeness (QED) is 0.417. The number of hydrogen-bond acceptors (Lipinski definition) is 1. The maximum absolute atomic E-state index is 12.8. The Morgan fingerprint density at radius 2 is 1.64 bits per heavy atom. The number of benzene rings is 3. The van der Waals surface area contributed by atoms with Gasteiger partial charge in [0.05, 0.1) is 5.56 Å². The van der Waals surface area contributed by atoms with E-state index in [9.17, 15) is 13.2 Å². The zero-order valence-corrected chi connectivity index (χ0v) is 16.6. The maximum Gasteiger partial charge on any atom is 0.416 e. The first kappa shape index (κ1) is 22.3. The van der Waals surface area contributed by atoms with Crippen LogP contribution in [0, 0.1) is 0 Å². The maximum atomic E-state index is 12.8. The fraction of sp³-hybridized carbons (Fsp3) is 0.304. The summed E-state index contributed by atoms with van der Waals surface area (Å²) >= 11 is 0. The van der Waals surface area contributed by atoms with Crippen LogP contribution in [0.5, 0.6) is 0 Å². The summed E-state index contributed by atoms with van der Waals surface area (Å²) in [5, 5.41) is 6.04. The van der Waals surface area contributed by atoms with Gasteiger partial charge in [-0.1, -0.05) is 67.6 Å². The number of alkyl halides is 3. The Labute approximate surface area is 170 Å². The lowest BCUT2D eigenvalue weighted by atomic mass is 9.97. The second-order valence-corrected chi connectivity index (χ2v) is 6.79. The molecule has 0 spiro atoms. The predicted octanol–water partition coefficient (Wildman–Crippen LogP) is 6.95. The molecule has 0 radical (unpaired) electrons. The van der Waals surface area contributed by atoms with E-state index >= 15 is 0 Å². The molecule has 3 rings (SSSR count). The second-order valence-electron chi connectivity index (χ2n) is 6.79. The van der Waals surface area contributed by atoms with Gasteiger partial charge in [-0.25, -0.2) is 0 Å². The molecular formula is C23H25ClF3N. The highest BCUT2D eigenvalue weighted by Gasteiger charge is 2.30. The third kappa shape index (κ3) is 5.49. The molecule has 150 valence electrons. The molecule has 1 N–H and O–H groups in total. The largest absolute Gasteiger partial charge is 0.416 e. The van der Waals surface area contributed by atoms with Crippen molar-refractivity contribution < 1.29 is 13.2 Å². The molecule has 1 nitrogen and oxygen atoms in total. The van der Waals surface area contributed by atoms with E-state index in [0.29, 0.717) is 6.42 Å². The van der Waals surface area contributed by atoms with Gasteiger partial charge >= 0.3 is 6.18 Å². The van der Waals surface area contributed by atoms with E-state index in [4.69, 9.17) is 0 Å². The SMILES string of the molecule is CCC(NCCCc1cccc(C(F)(F)F)c1)c1cccc2ccccc12.Cl. The van der Waals surface area contributed by atoms with Crippen molar-refractivity contribution in [2.24, 2.45) is 0 Å². The minimum atomic E-state index is -4.28. The molecule has 5 heteroatoms. The Bertz CT molecular complexity index is 887. The summed E-state index contributed by atoms with van der Waals surface area (Å²) in [7, 11) is 0. The minimum absolute atomic E-state index is 0. The Morgan fingerprint density at radius 1 is 0.929 bits per heavy atom. The van der Waals surface area contributed by atoms with Crippen molar-refractivity contribution in [1.29, 1.82) is 0 Å². The molecule has 0 aliphatic heterocycles. The molecule has 1 unspecified atom stereocenters. The van der Waals surface area contributed by atoms with E-state index in [-0.39, 0.29) is 18.4 Å². The molecule has 28 heavy (non-hydrogen) atoms. The number of aryl methyl sites for hydroxylation is 1. The monoisotopic (exact) mass is 407 g/mol. The highest BCUT2D eigenvalue weighted by molar-refractivity contribution is 5.86. The van der Waals surface area contributed by atoms with Gasteiger partial charge < -0.3 is 5.32 Å². The van der Waals surface area contributed by atoms with Crippen LogP contribution >= 0.6 is 12.4 Å². The average molecular weight is 408 g/mol. The van der Waals surface area contributed by atoms with Gasteiger partial charge in [0.1, 0.15) is 0 Å². The number of nitrogens with one attached hydrogen (secondary N) is 1. The summed E-state index contributed by atoms with van der Waals surface area (Å²) in [6.07, 6.45) is -1.90. The average Bonchev–Trinajstić information content (AvgIpc) is 2.67. The van der Waals surface area contributed by atoms with Crippen LogP contribution in [-0.4, -0.2) is 6.54 Å². The van der Waals surface area contributed by atoms with Crippen LogP contribution in [-0.2, 0) is 12.6 Å². The van der Waals surface area contributed by atoms with Gasteiger partial charge in [-0.2, -0.15) is 13.2 Å². The zero-order valence-electron chi connectivity index (χ0n) is 15.8. The van der Waals surface area contributed by atoms with Crippen LogP contribution in [0.2, 0.25) is 0 Å². The lowest BCUT2D eigenvalue weighted by Crippen LogP contribution is -2.22. The Kier molecular flexibility index (Phi) is 7.90. The Balaban J connectivity index is 0.00000280. The van der Waals surface area contributed by atoms with Gasteiger partial charge in [-0.05, 0) is 53.8 Å². The molecule has 0 amide bonds. The molecule has 0 aromatic heterocycles. The molecule has 0 heterocycles. The van der Waals surface area contributed by atoms with Crippen molar-refractivity contribution in [1.82, 2.24) is 5.32 Å². The molecule has 3 aromatic rings. The second kappa shape index (κ2) is 9.94. The molecule has 0 aliphatic rings. The molecule has 0 fully saturated rings. The fourth-order valence-corrected chi connectivity index (χ4v) is 3.50. The summed E-state index contributed by atoms with van der Waals surface area (Å²) in [4.78, 5) is 0. The van der Waals surface area contributed by atoms with Crippen molar-refractivity contribution >= 4 is 23.2 Å². The normalized spacial score (nSPS) is 12.6. The summed E-state index contributed by atoms with van der Waals surface area (Å²) in [6.45, 7) is 2.91. The zero-order chi connectivity index (χ0) is 19.3. The molecule has 0 saturated heterocycles. The van der Waals surface area contributed by atoms with E-state index in [1.807, 2.05) is 12.1 Å². The van der Waals surface area contributed by atoms with Crippen molar-refractivity contribution in [2.45, 2.75) is 38.4 Å². The van der Waals surface area contributed by atoms with Gasteiger partial charge in [0.25, 0.3) is 0 Å². The summed E-state index contributed by atoms with van der Waals surface area (Å²) in [6, 6.07) is 20.5. The molecule has 0 saturated carbocycles. The Morgan fingerprint density at radius 3 is 2.39 bits per heavy atom. The molecule has 0 bridgehead atoms. The van der Waals surface area contributed by atoms with Crippen molar-refractivity contribution in [2.75, 3.05) is 6.54 Å². The first-order valence-electron chi connectivity index (χ1n) is 9.36. The van der Waals surface area contributed by atoms with Crippen LogP contribution in [0.4, 0.5) is 13.2 Å². The standard InChI is InChI=1S/C23H24F3N.ClH/c1-2-22(21-14-6-11-18-10-3-4-13-20(18)21)27-15-7-9-17-8-5-12-19(16-17)23(24,25)26;/h3-6,8,10-14,16,22,27H,2,7,9,15H2,1H3;1H. The van der Waals surface area contributed by atoms with Crippen LogP contribution in [0.15, 0.2) is 66.7 Å². The van der Waals surface area contributed by atoms with E-state index in [1.165, 1.54) is 28.5 Å². The van der Waals surface area contributed by atoms with Crippen LogP contribution in [0.1, 0.15) is 42.5 Å². The minimum Gasteiger partial charge on any atom is -0.310 e. The third-order valence-electron chi connectivity index (χ3n) is 4.89. The van der Waals surface area contributed by atoms with Crippen LogP contribution in [0.25, 0.3) is 10.8 Å². The lowest BCUT2D eigenvalue weighted by molar-refractivity contribution is -0.137. The van der Waals surface area contributed by atoms with Crippen molar-refractivity contribution in [3.8, 4) is 0 Å².